The lowest BCUT2D eigenvalue weighted by Gasteiger charge is -2.30. The highest BCUT2D eigenvalue weighted by Gasteiger charge is 2.32. The van der Waals surface area contributed by atoms with Crippen molar-refractivity contribution in [2.75, 3.05) is 7.11 Å². The molecule has 0 amide bonds. The molecule has 0 fully saturated rings. The van der Waals surface area contributed by atoms with Gasteiger partial charge in [0.25, 0.3) is 11.2 Å². The summed E-state index contributed by atoms with van der Waals surface area (Å²) in [6.45, 7) is 0.194. The van der Waals surface area contributed by atoms with E-state index in [1.165, 1.54) is 41.2 Å². The minimum atomic E-state index is -0.442. The second kappa shape index (κ2) is 12.3. The molecule has 0 saturated carbocycles. The molecule has 0 N–H and O–H groups in total. The first-order valence-corrected chi connectivity index (χ1v) is 16.3. The highest BCUT2D eigenvalue weighted by molar-refractivity contribution is 14.1. The van der Waals surface area contributed by atoms with Gasteiger partial charge in [-0.15, -0.1) is 0 Å². The molecule has 1 aliphatic heterocycles. The van der Waals surface area contributed by atoms with Crippen molar-refractivity contribution in [3.63, 3.8) is 0 Å². The Kier molecular flexibility index (Phi) is 8.03. The lowest BCUT2D eigenvalue weighted by Crippen LogP contribution is -2.38. The minimum absolute atomic E-state index is 0.0134. The second-order valence-corrected chi connectivity index (χ2v) is 13.1. The fraction of sp³-hybridized carbons (Fsp3) is 0.143. The molecule has 2 heterocycles. The van der Waals surface area contributed by atoms with Crippen LogP contribution in [0.3, 0.4) is 0 Å². The molecule has 0 bridgehead atoms. The summed E-state index contributed by atoms with van der Waals surface area (Å²) in [4.78, 5) is 30.3. The lowest BCUT2D eigenvalue weighted by atomic mass is 9.83. The van der Waals surface area contributed by atoms with Gasteiger partial charge in [-0.05, 0) is 106 Å². The van der Waals surface area contributed by atoms with Gasteiger partial charge in [-0.2, -0.15) is 0 Å². The summed E-state index contributed by atoms with van der Waals surface area (Å²) in [5.41, 5.74) is 6.43. The molecule has 7 rings (SSSR count). The van der Waals surface area contributed by atoms with Crippen molar-refractivity contribution in [3.8, 4) is 11.5 Å². The van der Waals surface area contributed by atoms with E-state index in [9.17, 15) is 19.3 Å². The number of nitro benzene ring substituents is 1. The molecule has 1 aromatic heterocycles. The summed E-state index contributed by atoms with van der Waals surface area (Å²) >= 11 is 3.49. The van der Waals surface area contributed by atoms with Gasteiger partial charge in [0.1, 0.15) is 12.4 Å². The van der Waals surface area contributed by atoms with Crippen LogP contribution >= 0.6 is 33.9 Å². The van der Waals surface area contributed by atoms with E-state index in [4.69, 9.17) is 14.5 Å². The number of nitro groups is 1. The van der Waals surface area contributed by atoms with Crippen LogP contribution in [-0.2, 0) is 13.0 Å². The van der Waals surface area contributed by atoms with Crippen LogP contribution in [0.2, 0.25) is 0 Å². The van der Waals surface area contributed by atoms with Gasteiger partial charge in [-0.3, -0.25) is 19.5 Å². The SMILES string of the molecule is COc1cc(/C=c2/sc3n(c2=O)[C@@H](c2ccc(F)cc2)C2=C(N=3)c3ccccc3CC2)cc(I)c1OCc1ccc([N+](=O)[O-])cc1. The number of benzene rings is 4. The van der Waals surface area contributed by atoms with Crippen molar-refractivity contribution in [2.45, 2.75) is 25.5 Å². The summed E-state index contributed by atoms with van der Waals surface area (Å²) in [5.74, 6) is 0.690. The van der Waals surface area contributed by atoms with Crippen LogP contribution in [0.1, 0.15) is 40.3 Å². The number of hydrogen-bond donors (Lipinski definition) is 0. The maximum Gasteiger partial charge on any atom is 0.271 e. The first-order valence-electron chi connectivity index (χ1n) is 14.4. The predicted octanol–water partition coefficient (Wildman–Crippen LogP) is 6.56. The standard InChI is InChI=1S/C35H25FIN3O5S/c1-44-29-17-21(16-28(37)33(29)45-19-20-6-13-25(14-7-20)40(42)43)18-30-34(41)39-32(23-8-11-24(36)12-9-23)27-15-10-22-4-2-3-5-26(22)31(27)38-35(39)46-30/h2-9,11-14,16-18,32H,10,15,19H2,1H3/b30-18+/t32-/m0/s1. The number of halogens is 2. The molecule has 0 spiro atoms. The number of thiazole rings is 1. The van der Waals surface area contributed by atoms with E-state index >= 15 is 0 Å². The molecule has 5 aromatic rings. The zero-order chi connectivity index (χ0) is 31.9. The van der Waals surface area contributed by atoms with E-state index < -0.39 is 11.0 Å². The highest BCUT2D eigenvalue weighted by atomic mass is 127. The quantitative estimate of drug-likeness (QED) is 0.107. The number of rotatable bonds is 7. The maximum absolute atomic E-state index is 14.1. The molecule has 8 nitrogen and oxygen atoms in total. The molecule has 2 aliphatic rings. The number of fused-ring (bicyclic) bond motifs is 3. The summed E-state index contributed by atoms with van der Waals surface area (Å²) in [5, 5.41) is 11.0. The third-order valence-electron chi connectivity index (χ3n) is 8.14. The van der Waals surface area contributed by atoms with Crippen LogP contribution < -0.4 is 24.4 Å². The molecule has 46 heavy (non-hydrogen) atoms. The Morgan fingerprint density at radius 1 is 1.09 bits per heavy atom. The van der Waals surface area contributed by atoms with E-state index in [1.807, 2.05) is 30.3 Å². The van der Waals surface area contributed by atoms with E-state index in [1.54, 1.807) is 35.9 Å². The summed E-state index contributed by atoms with van der Waals surface area (Å²) in [7, 11) is 1.55. The van der Waals surface area contributed by atoms with Gasteiger partial charge in [0.15, 0.2) is 16.3 Å². The largest absolute Gasteiger partial charge is 0.493 e. The average molecular weight is 746 g/mol. The van der Waals surface area contributed by atoms with Gasteiger partial charge in [-0.1, -0.05) is 47.7 Å². The average Bonchev–Trinajstić information content (AvgIpc) is 3.37. The number of ether oxygens (including phenoxy) is 2. The van der Waals surface area contributed by atoms with Gasteiger partial charge in [0.2, 0.25) is 0 Å². The number of methoxy groups -OCH3 is 1. The Balaban J connectivity index is 1.28. The van der Waals surface area contributed by atoms with E-state index in [2.05, 4.69) is 34.7 Å². The maximum atomic E-state index is 14.1. The van der Waals surface area contributed by atoms with Gasteiger partial charge in [-0.25, -0.2) is 9.38 Å². The molecule has 0 saturated heterocycles. The minimum Gasteiger partial charge on any atom is -0.493 e. The van der Waals surface area contributed by atoms with Crippen LogP contribution in [0.25, 0.3) is 11.8 Å². The Hall–Kier alpha value is -4.62. The van der Waals surface area contributed by atoms with Crippen LogP contribution in [0, 0.1) is 19.5 Å². The molecule has 1 aliphatic carbocycles. The van der Waals surface area contributed by atoms with Crippen molar-refractivity contribution in [1.29, 1.82) is 0 Å². The predicted molar refractivity (Wildman–Crippen MR) is 182 cm³/mol. The van der Waals surface area contributed by atoms with Gasteiger partial charge < -0.3 is 9.47 Å². The first kappa shape index (κ1) is 30.1. The van der Waals surface area contributed by atoms with Crippen molar-refractivity contribution in [3.05, 3.63) is 158 Å². The third-order valence-corrected chi connectivity index (χ3v) is 9.92. The highest BCUT2D eigenvalue weighted by Crippen LogP contribution is 2.41. The van der Waals surface area contributed by atoms with E-state index in [-0.39, 0.29) is 23.7 Å². The number of non-ortho nitro benzene ring substituents is 1. The van der Waals surface area contributed by atoms with Crippen LogP contribution in [0.4, 0.5) is 10.1 Å². The molecule has 0 unspecified atom stereocenters. The second-order valence-electron chi connectivity index (χ2n) is 10.9. The molecular weight excluding hydrogens is 720 g/mol. The summed E-state index contributed by atoms with van der Waals surface area (Å²) < 4.78 is 28.7. The summed E-state index contributed by atoms with van der Waals surface area (Å²) in [6.07, 6.45) is 3.41. The van der Waals surface area contributed by atoms with Gasteiger partial charge in [0, 0.05) is 17.7 Å². The molecule has 0 radical (unpaired) electrons. The molecule has 11 heteroatoms. The van der Waals surface area contributed by atoms with Crippen LogP contribution in [0.15, 0.2) is 100 Å². The van der Waals surface area contributed by atoms with Crippen molar-refractivity contribution in [1.82, 2.24) is 4.57 Å². The van der Waals surface area contributed by atoms with Gasteiger partial charge >= 0.3 is 0 Å². The summed E-state index contributed by atoms with van der Waals surface area (Å²) in [6, 6.07) is 24.1. The van der Waals surface area contributed by atoms with E-state index in [0.29, 0.717) is 20.8 Å². The molecule has 4 aromatic carbocycles. The van der Waals surface area contributed by atoms with Crippen molar-refractivity contribution >= 4 is 51.4 Å². The van der Waals surface area contributed by atoms with Crippen LogP contribution in [-0.4, -0.2) is 16.6 Å². The van der Waals surface area contributed by atoms with Crippen LogP contribution in [0.5, 0.6) is 11.5 Å². The van der Waals surface area contributed by atoms with Gasteiger partial charge in [0.05, 0.1) is 31.9 Å². The monoisotopic (exact) mass is 745 g/mol. The van der Waals surface area contributed by atoms with E-state index in [0.717, 1.165) is 49.9 Å². The molecular formula is C35H25FIN3O5S. The number of aromatic nitrogens is 1. The normalized spacial score (nSPS) is 15.5. The number of nitrogens with zero attached hydrogens (tertiary/aromatic N) is 3. The fourth-order valence-electron chi connectivity index (χ4n) is 5.95. The fourth-order valence-corrected chi connectivity index (χ4v) is 7.73. The first-order chi connectivity index (χ1) is 22.3. The Bertz CT molecular complexity index is 2230. The van der Waals surface area contributed by atoms with Crippen molar-refractivity contribution in [2.24, 2.45) is 4.99 Å². The molecule has 230 valence electrons. The smallest absolute Gasteiger partial charge is 0.271 e. The number of aryl methyl sites for hydroxylation is 1. The Labute approximate surface area is 280 Å². The number of hydrogen-bond acceptors (Lipinski definition) is 7. The Morgan fingerprint density at radius 2 is 1.85 bits per heavy atom. The molecule has 1 atom stereocenters. The lowest BCUT2D eigenvalue weighted by molar-refractivity contribution is -0.384. The zero-order valence-corrected chi connectivity index (χ0v) is 27.4. The Morgan fingerprint density at radius 3 is 2.59 bits per heavy atom. The third kappa shape index (κ3) is 5.53. The van der Waals surface area contributed by atoms with Crippen molar-refractivity contribution < 1.29 is 18.8 Å². The zero-order valence-electron chi connectivity index (χ0n) is 24.4. The topological polar surface area (TPSA) is 96.0 Å². The number of allylic oxidation sites excluding steroid dienone is 1.